The molecule has 1 aromatic heterocycles. The molecule has 2 heterocycles. The minimum absolute atomic E-state index is 0.0447. The number of carbonyl (C=O) groups excluding carboxylic acids is 2. The van der Waals surface area contributed by atoms with Crippen molar-refractivity contribution in [2.24, 2.45) is 5.41 Å². The van der Waals surface area contributed by atoms with E-state index in [1.54, 1.807) is 0 Å². The fourth-order valence-electron chi connectivity index (χ4n) is 6.02. The zero-order valence-electron chi connectivity index (χ0n) is 18.1. The molecular formula is C29H22N2O2. The van der Waals surface area contributed by atoms with Gasteiger partial charge < -0.3 is 4.98 Å². The highest BCUT2D eigenvalue weighted by Gasteiger charge is 2.55. The molecule has 1 aliphatic heterocycles. The number of aromatic amines is 1. The standard InChI is InChI=1S/C29H22N2O2/c32-27-25-26(22-15-14-19-9-2-4-12-21(19)24(22)30-25)31(28(33)29(27)16-5-6-17-29)23-13-7-10-18-8-1-3-11-20(18)23/h1-4,7-15,30H,5-6,16-17H2. The van der Waals surface area contributed by atoms with E-state index >= 15 is 0 Å². The van der Waals surface area contributed by atoms with Gasteiger partial charge in [0.1, 0.15) is 11.1 Å². The van der Waals surface area contributed by atoms with E-state index in [0.29, 0.717) is 24.2 Å². The molecule has 5 aromatic rings. The van der Waals surface area contributed by atoms with E-state index in [4.69, 9.17) is 0 Å². The van der Waals surface area contributed by atoms with Gasteiger partial charge in [-0.1, -0.05) is 85.6 Å². The number of H-pyrrole nitrogens is 1. The Kier molecular flexibility index (Phi) is 3.70. The Morgan fingerprint density at radius 1 is 0.697 bits per heavy atom. The highest BCUT2D eigenvalue weighted by atomic mass is 16.2. The van der Waals surface area contributed by atoms with Crippen LogP contribution < -0.4 is 4.90 Å². The monoisotopic (exact) mass is 430 g/mol. The number of ketones is 1. The maximum absolute atomic E-state index is 14.3. The molecule has 1 spiro atoms. The van der Waals surface area contributed by atoms with E-state index in [0.717, 1.165) is 51.0 Å². The minimum atomic E-state index is -0.972. The summed E-state index contributed by atoms with van der Waals surface area (Å²) in [6, 6.07) is 26.5. The number of benzene rings is 4. The summed E-state index contributed by atoms with van der Waals surface area (Å²) in [6.07, 6.45) is 3.03. The number of hydrogen-bond acceptors (Lipinski definition) is 2. The van der Waals surface area contributed by atoms with Crippen LogP contribution in [0.1, 0.15) is 36.2 Å². The second-order valence-corrected chi connectivity index (χ2v) is 9.32. The van der Waals surface area contributed by atoms with E-state index in [1.165, 1.54) is 0 Å². The Morgan fingerprint density at radius 3 is 2.15 bits per heavy atom. The summed E-state index contributed by atoms with van der Waals surface area (Å²) in [4.78, 5) is 33.5. The van der Waals surface area contributed by atoms with Crippen molar-refractivity contribution >= 4 is 55.5 Å². The number of anilines is 2. The van der Waals surface area contributed by atoms with Crippen LogP contribution >= 0.6 is 0 Å². The Bertz CT molecular complexity index is 1620. The molecule has 0 bridgehead atoms. The third kappa shape index (κ3) is 2.35. The lowest BCUT2D eigenvalue weighted by Crippen LogP contribution is -2.49. The summed E-state index contributed by atoms with van der Waals surface area (Å²) >= 11 is 0. The van der Waals surface area contributed by atoms with Crippen molar-refractivity contribution in [1.82, 2.24) is 4.98 Å². The highest BCUT2D eigenvalue weighted by Crippen LogP contribution is 2.53. The number of nitrogens with zero attached hydrogens (tertiary/aromatic N) is 1. The van der Waals surface area contributed by atoms with Crippen LogP contribution in [0.3, 0.4) is 0 Å². The first-order chi connectivity index (χ1) is 16.2. The van der Waals surface area contributed by atoms with Gasteiger partial charge in [-0.2, -0.15) is 0 Å². The maximum atomic E-state index is 14.3. The van der Waals surface area contributed by atoms with Crippen LogP contribution in [-0.4, -0.2) is 16.7 Å². The molecular weight excluding hydrogens is 408 g/mol. The van der Waals surface area contributed by atoms with Crippen LogP contribution in [0.4, 0.5) is 11.4 Å². The second kappa shape index (κ2) is 6.55. The molecule has 0 unspecified atom stereocenters. The molecule has 0 saturated heterocycles. The van der Waals surface area contributed by atoms with E-state index < -0.39 is 5.41 Å². The van der Waals surface area contributed by atoms with Gasteiger partial charge in [-0.05, 0) is 29.7 Å². The van der Waals surface area contributed by atoms with E-state index in [1.807, 2.05) is 47.4 Å². The van der Waals surface area contributed by atoms with Gasteiger partial charge >= 0.3 is 0 Å². The van der Waals surface area contributed by atoms with Gasteiger partial charge in [-0.3, -0.25) is 14.5 Å². The average molecular weight is 431 g/mol. The van der Waals surface area contributed by atoms with Gasteiger partial charge in [0.15, 0.2) is 5.78 Å². The third-order valence-electron chi connectivity index (χ3n) is 7.63. The predicted molar refractivity (Wildman–Crippen MR) is 132 cm³/mol. The Balaban J connectivity index is 1.61. The number of carbonyl (C=O) groups is 2. The molecule has 33 heavy (non-hydrogen) atoms. The third-order valence-corrected chi connectivity index (χ3v) is 7.63. The lowest BCUT2D eigenvalue weighted by Gasteiger charge is -2.38. The summed E-state index contributed by atoms with van der Waals surface area (Å²) in [5.74, 6) is -0.125. The number of amides is 1. The van der Waals surface area contributed by atoms with Crippen LogP contribution in [0.15, 0.2) is 78.9 Å². The van der Waals surface area contributed by atoms with Crippen molar-refractivity contribution in [3.8, 4) is 0 Å². The Labute approximate surface area is 190 Å². The summed E-state index contributed by atoms with van der Waals surface area (Å²) in [6.45, 7) is 0. The SMILES string of the molecule is O=C1c2[nH]c3c(ccc4ccccc43)c2N(c2cccc3ccccc23)C(=O)C12CCCC2. The molecule has 1 N–H and O–H groups in total. The molecule has 0 atom stereocenters. The topological polar surface area (TPSA) is 53.2 Å². The van der Waals surface area contributed by atoms with E-state index in [-0.39, 0.29) is 11.7 Å². The number of fused-ring (bicyclic) bond motifs is 6. The lowest BCUT2D eigenvalue weighted by molar-refractivity contribution is -0.125. The normalized spacial score (nSPS) is 17.5. The molecule has 1 fully saturated rings. The summed E-state index contributed by atoms with van der Waals surface area (Å²) in [5, 5.41) is 5.16. The smallest absolute Gasteiger partial charge is 0.245 e. The minimum Gasteiger partial charge on any atom is -0.350 e. The predicted octanol–water partition coefficient (Wildman–Crippen LogP) is 6.90. The fraction of sp³-hybridized carbons (Fsp3) is 0.172. The van der Waals surface area contributed by atoms with Crippen LogP contribution in [0.5, 0.6) is 0 Å². The van der Waals surface area contributed by atoms with Crippen molar-refractivity contribution < 1.29 is 9.59 Å². The summed E-state index contributed by atoms with van der Waals surface area (Å²) < 4.78 is 0. The van der Waals surface area contributed by atoms with Crippen molar-refractivity contribution in [3.05, 3.63) is 84.6 Å². The molecule has 4 aromatic carbocycles. The van der Waals surface area contributed by atoms with Crippen molar-refractivity contribution in [2.75, 3.05) is 4.90 Å². The van der Waals surface area contributed by atoms with Crippen LogP contribution in [-0.2, 0) is 4.79 Å². The number of nitrogens with one attached hydrogen (secondary N) is 1. The molecule has 160 valence electrons. The van der Waals surface area contributed by atoms with E-state index in [2.05, 4.69) is 41.4 Å². The second-order valence-electron chi connectivity index (χ2n) is 9.32. The van der Waals surface area contributed by atoms with Crippen molar-refractivity contribution in [2.45, 2.75) is 25.7 Å². The molecule has 1 aliphatic carbocycles. The van der Waals surface area contributed by atoms with Crippen LogP contribution in [0.25, 0.3) is 32.4 Å². The first kappa shape index (κ1) is 18.6. The van der Waals surface area contributed by atoms with Crippen molar-refractivity contribution in [1.29, 1.82) is 0 Å². The average Bonchev–Trinajstić information content (AvgIpc) is 3.50. The highest BCUT2D eigenvalue weighted by molar-refractivity contribution is 6.32. The van der Waals surface area contributed by atoms with Crippen LogP contribution in [0.2, 0.25) is 0 Å². The molecule has 2 aliphatic rings. The van der Waals surface area contributed by atoms with Crippen molar-refractivity contribution in [3.63, 3.8) is 0 Å². The summed E-state index contributed by atoms with van der Waals surface area (Å²) in [5.41, 5.74) is 2.04. The van der Waals surface area contributed by atoms with Gasteiger partial charge in [0.2, 0.25) is 5.91 Å². The Morgan fingerprint density at radius 2 is 1.36 bits per heavy atom. The fourth-order valence-corrected chi connectivity index (χ4v) is 6.02. The number of hydrogen-bond donors (Lipinski definition) is 1. The molecule has 1 saturated carbocycles. The first-order valence-corrected chi connectivity index (χ1v) is 11.6. The first-order valence-electron chi connectivity index (χ1n) is 11.6. The maximum Gasteiger partial charge on any atom is 0.245 e. The zero-order chi connectivity index (χ0) is 22.2. The quantitative estimate of drug-likeness (QED) is 0.294. The van der Waals surface area contributed by atoms with Crippen LogP contribution in [0, 0.1) is 5.41 Å². The molecule has 1 amide bonds. The van der Waals surface area contributed by atoms with Gasteiger partial charge in [0.25, 0.3) is 0 Å². The molecule has 0 radical (unpaired) electrons. The lowest BCUT2D eigenvalue weighted by atomic mass is 9.75. The molecule has 4 nitrogen and oxygen atoms in total. The zero-order valence-corrected chi connectivity index (χ0v) is 18.1. The molecule has 4 heteroatoms. The largest absolute Gasteiger partial charge is 0.350 e. The van der Waals surface area contributed by atoms with Gasteiger partial charge in [-0.25, -0.2) is 0 Å². The number of Topliss-reactive ketones (excluding diaryl/α,β-unsaturated/α-hetero) is 1. The van der Waals surface area contributed by atoms with Gasteiger partial charge in [0.05, 0.1) is 16.9 Å². The van der Waals surface area contributed by atoms with Gasteiger partial charge in [0, 0.05) is 16.2 Å². The molecule has 7 rings (SSSR count). The Hall–Kier alpha value is -3.92. The van der Waals surface area contributed by atoms with Gasteiger partial charge in [-0.15, -0.1) is 0 Å². The summed E-state index contributed by atoms with van der Waals surface area (Å²) in [7, 11) is 0. The van der Waals surface area contributed by atoms with E-state index in [9.17, 15) is 9.59 Å². The number of rotatable bonds is 1. The number of aromatic nitrogens is 1.